The van der Waals surface area contributed by atoms with Gasteiger partial charge >= 0.3 is 0 Å². The largest absolute Gasteiger partial charge is 0.345 e. The fourth-order valence-corrected chi connectivity index (χ4v) is 1.41. The summed E-state index contributed by atoms with van der Waals surface area (Å²) in [5.41, 5.74) is 1.04. The molecular weight excluding hydrogens is 258 g/mol. The average molecular weight is 273 g/mol. The Morgan fingerprint density at radius 2 is 1.95 bits per heavy atom. The first kappa shape index (κ1) is 15.3. The van der Waals surface area contributed by atoms with Crippen LogP contribution in [0.4, 0.5) is 5.69 Å². The molecule has 0 saturated carbocycles. The van der Waals surface area contributed by atoms with Crippen molar-refractivity contribution >= 4 is 17.5 Å². The van der Waals surface area contributed by atoms with E-state index in [9.17, 15) is 9.59 Å². The molecule has 0 aromatic heterocycles. The third-order valence-electron chi connectivity index (χ3n) is 2.40. The number of hydrogen-bond donors (Lipinski definition) is 1. The molecule has 104 valence electrons. The summed E-state index contributed by atoms with van der Waals surface area (Å²) in [4.78, 5) is 22.7. The molecule has 0 fully saturated rings. The summed E-state index contributed by atoms with van der Waals surface area (Å²) < 4.78 is 0. The Hall–Kier alpha value is -2.75. The minimum absolute atomic E-state index is 0.289. The molecule has 1 atom stereocenters. The molecule has 1 aromatic rings. The SMILES string of the molecule is CC(=O)NC(C)C(=O)N(C)N=Nc1ccc(C#N)cc1. The van der Waals surface area contributed by atoms with Gasteiger partial charge in [0.2, 0.25) is 5.91 Å². The van der Waals surface area contributed by atoms with Crippen LogP contribution in [0, 0.1) is 11.3 Å². The van der Waals surface area contributed by atoms with Crippen molar-refractivity contribution in [3.05, 3.63) is 29.8 Å². The predicted molar refractivity (Wildman–Crippen MR) is 71.7 cm³/mol. The molecule has 1 N–H and O–H groups in total. The molecule has 7 nitrogen and oxygen atoms in total. The van der Waals surface area contributed by atoms with Crippen LogP contribution in [0.1, 0.15) is 19.4 Å². The molecular formula is C13H15N5O2. The molecule has 7 heteroatoms. The van der Waals surface area contributed by atoms with E-state index in [0.29, 0.717) is 11.3 Å². The maximum absolute atomic E-state index is 11.8. The van der Waals surface area contributed by atoms with E-state index in [2.05, 4.69) is 15.7 Å². The van der Waals surface area contributed by atoms with Gasteiger partial charge in [-0.15, -0.1) is 5.11 Å². The second-order valence-electron chi connectivity index (χ2n) is 4.13. The number of nitrogens with one attached hydrogen (secondary N) is 1. The van der Waals surface area contributed by atoms with Gasteiger partial charge in [-0.1, -0.05) is 5.22 Å². The fourth-order valence-electron chi connectivity index (χ4n) is 1.41. The minimum atomic E-state index is -0.669. The maximum Gasteiger partial charge on any atom is 0.266 e. The van der Waals surface area contributed by atoms with Gasteiger partial charge in [-0.05, 0) is 31.2 Å². The van der Waals surface area contributed by atoms with E-state index in [1.54, 1.807) is 31.2 Å². The number of amides is 2. The number of nitriles is 1. The van der Waals surface area contributed by atoms with Crippen molar-refractivity contribution in [1.82, 2.24) is 10.3 Å². The van der Waals surface area contributed by atoms with E-state index in [0.717, 1.165) is 5.01 Å². The number of carbonyl (C=O) groups is 2. The van der Waals surface area contributed by atoms with Crippen LogP contribution in [-0.4, -0.2) is 29.9 Å². The zero-order valence-electron chi connectivity index (χ0n) is 11.5. The Balaban J connectivity index is 2.66. The van der Waals surface area contributed by atoms with Crippen molar-refractivity contribution in [3.8, 4) is 6.07 Å². The average Bonchev–Trinajstić information content (AvgIpc) is 2.43. The first-order chi connectivity index (χ1) is 9.43. The van der Waals surface area contributed by atoms with Crippen molar-refractivity contribution in [2.75, 3.05) is 7.05 Å². The van der Waals surface area contributed by atoms with Crippen LogP contribution in [-0.2, 0) is 9.59 Å². The van der Waals surface area contributed by atoms with Crippen LogP contribution >= 0.6 is 0 Å². The van der Waals surface area contributed by atoms with Gasteiger partial charge in [-0.3, -0.25) is 9.59 Å². The molecule has 1 unspecified atom stereocenters. The van der Waals surface area contributed by atoms with Crippen LogP contribution in [0.5, 0.6) is 0 Å². The van der Waals surface area contributed by atoms with E-state index in [1.807, 2.05) is 6.07 Å². The Labute approximate surface area is 116 Å². The highest BCUT2D eigenvalue weighted by Crippen LogP contribution is 2.13. The molecule has 0 aliphatic carbocycles. The predicted octanol–water partition coefficient (Wildman–Crippen LogP) is 1.54. The standard InChI is InChI=1S/C13H15N5O2/c1-9(15-10(2)19)13(20)18(3)17-16-12-6-4-11(8-14)5-7-12/h4-7,9H,1-3H3,(H,15,19). The third-order valence-corrected chi connectivity index (χ3v) is 2.40. The Bertz CT molecular complexity index is 559. The Morgan fingerprint density at radius 3 is 2.45 bits per heavy atom. The quantitative estimate of drug-likeness (QED) is 0.665. The summed E-state index contributed by atoms with van der Waals surface area (Å²) in [6.45, 7) is 2.90. The van der Waals surface area contributed by atoms with Gasteiger partial charge in [-0.2, -0.15) is 5.26 Å². The van der Waals surface area contributed by atoms with Crippen LogP contribution in [0.25, 0.3) is 0 Å². The van der Waals surface area contributed by atoms with Crippen molar-refractivity contribution < 1.29 is 9.59 Å². The second kappa shape index (κ2) is 6.99. The van der Waals surface area contributed by atoms with Gasteiger partial charge < -0.3 is 5.32 Å². The van der Waals surface area contributed by atoms with Gasteiger partial charge in [0, 0.05) is 14.0 Å². The first-order valence-corrected chi connectivity index (χ1v) is 5.90. The van der Waals surface area contributed by atoms with Gasteiger partial charge in [-0.25, -0.2) is 5.01 Å². The molecule has 1 aromatic carbocycles. The number of hydrogen-bond acceptors (Lipinski definition) is 5. The van der Waals surface area contributed by atoms with E-state index in [-0.39, 0.29) is 11.8 Å². The van der Waals surface area contributed by atoms with E-state index >= 15 is 0 Å². The highest BCUT2D eigenvalue weighted by Gasteiger charge is 2.17. The summed E-state index contributed by atoms with van der Waals surface area (Å²) in [6, 6.07) is 7.78. The summed E-state index contributed by atoms with van der Waals surface area (Å²) >= 11 is 0. The lowest BCUT2D eigenvalue weighted by Crippen LogP contribution is -2.42. The highest BCUT2D eigenvalue weighted by atomic mass is 16.2. The molecule has 1 rings (SSSR count). The van der Waals surface area contributed by atoms with Gasteiger partial charge in [0.1, 0.15) is 6.04 Å². The topological polar surface area (TPSA) is 97.9 Å². The summed E-state index contributed by atoms with van der Waals surface area (Å²) in [7, 11) is 1.45. The van der Waals surface area contributed by atoms with Gasteiger partial charge in [0.05, 0.1) is 17.3 Å². The summed E-state index contributed by atoms with van der Waals surface area (Å²) in [5, 5.41) is 19.8. The molecule has 0 aliphatic rings. The molecule has 0 saturated heterocycles. The molecule has 0 spiro atoms. The molecule has 0 bridgehead atoms. The number of benzene rings is 1. The van der Waals surface area contributed by atoms with E-state index < -0.39 is 6.04 Å². The van der Waals surface area contributed by atoms with Crippen molar-refractivity contribution in [1.29, 1.82) is 5.26 Å². The normalized spacial score (nSPS) is 11.7. The number of carbonyl (C=O) groups excluding carboxylic acids is 2. The lowest BCUT2D eigenvalue weighted by atomic mass is 10.2. The Kier molecular flexibility index (Phi) is 5.35. The zero-order valence-corrected chi connectivity index (χ0v) is 11.5. The van der Waals surface area contributed by atoms with Crippen molar-refractivity contribution in [2.24, 2.45) is 10.3 Å². The van der Waals surface area contributed by atoms with Crippen LogP contribution in [0.15, 0.2) is 34.6 Å². The van der Waals surface area contributed by atoms with E-state index in [1.165, 1.54) is 14.0 Å². The first-order valence-electron chi connectivity index (χ1n) is 5.90. The molecule has 0 heterocycles. The number of likely N-dealkylation sites (N-methyl/N-ethyl adjacent to an activating group) is 1. The minimum Gasteiger partial charge on any atom is -0.345 e. The summed E-state index contributed by atoms with van der Waals surface area (Å²) in [6.07, 6.45) is 0. The van der Waals surface area contributed by atoms with Crippen LogP contribution in [0.3, 0.4) is 0 Å². The fraction of sp³-hybridized carbons (Fsp3) is 0.308. The zero-order chi connectivity index (χ0) is 15.1. The third kappa shape index (κ3) is 4.49. The molecule has 0 radical (unpaired) electrons. The monoisotopic (exact) mass is 273 g/mol. The lowest BCUT2D eigenvalue weighted by Gasteiger charge is -2.15. The van der Waals surface area contributed by atoms with Crippen molar-refractivity contribution in [2.45, 2.75) is 19.9 Å². The smallest absolute Gasteiger partial charge is 0.266 e. The second-order valence-corrected chi connectivity index (χ2v) is 4.13. The van der Waals surface area contributed by atoms with E-state index in [4.69, 9.17) is 5.26 Å². The lowest BCUT2D eigenvalue weighted by molar-refractivity contribution is -0.134. The van der Waals surface area contributed by atoms with Gasteiger partial charge in [0.15, 0.2) is 0 Å². The maximum atomic E-state index is 11.8. The van der Waals surface area contributed by atoms with Crippen LogP contribution in [0.2, 0.25) is 0 Å². The number of rotatable bonds is 4. The molecule has 0 aliphatic heterocycles. The van der Waals surface area contributed by atoms with Crippen LogP contribution < -0.4 is 5.32 Å². The molecule has 20 heavy (non-hydrogen) atoms. The van der Waals surface area contributed by atoms with Gasteiger partial charge in [0.25, 0.3) is 5.91 Å². The summed E-state index contributed by atoms with van der Waals surface area (Å²) in [5.74, 6) is -0.666. The Morgan fingerprint density at radius 1 is 1.35 bits per heavy atom. The number of nitrogens with zero attached hydrogens (tertiary/aromatic N) is 4. The molecule has 2 amide bonds. The highest BCUT2D eigenvalue weighted by molar-refractivity contribution is 5.86. The van der Waals surface area contributed by atoms with Crippen molar-refractivity contribution in [3.63, 3.8) is 0 Å².